The van der Waals surface area contributed by atoms with Gasteiger partial charge in [0.25, 0.3) is 0 Å². The summed E-state index contributed by atoms with van der Waals surface area (Å²) in [6.45, 7) is 0.876. The Morgan fingerprint density at radius 1 is 1.60 bits per heavy atom. The Bertz CT molecular complexity index is 481. The van der Waals surface area contributed by atoms with Gasteiger partial charge >= 0.3 is 0 Å². The molecule has 2 rings (SSSR count). The van der Waals surface area contributed by atoms with Crippen LogP contribution >= 0.6 is 0 Å². The number of hydrogen-bond acceptors (Lipinski definition) is 4. The van der Waals surface area contributed by atoms with Crippen molar-refractivity contribution in [2.45, 2.75) is 25.0 Å². The molecule has 1 aliphatic heterocycles. The van der Waals surface area contributed by atoms with Gasteiger partial charge in [-0.2, -0.15) is 0 Å². The lowest BCUT2D eigenvalue weighted by molar-refractivity contribution is -0.122. The van der Waals surface area contributed by atoms with Gasteiger partial charge in [0, 0.05) is 13.1 Å². The largest absolute Gasteiger partial charge is 0.494 e. The maximum Gasteiger partial charge on any atom is 0.237 e. The first kappa shape index (κ1) is 14.7. The van der Waals surface area contributed by atoms with Crippen LogP contribution in [0.15, 0.2) is 18.2 Å². The number of carbonyl (C=O) groups excluding carboxylic acids is 1. The first-order valence-corrected chi connectivity index (χ1v) is 6.61. The summed E-state index contributed by atoms with van der Waals surface area (Å²) in [5.41, 5.74) is 0.794. The molecule has 0 radical (unpaired) electrons. The highest BCUT2D eigenvalue weighted by Crippen LogP contribution is 2.17. The molecule has 110 valence electrons. The summed E-state index contributed by atoms with van der Waals surface area (Å²) in [7, 11) is 1.42. The second kappa shape index (κ2) is 6.67. The SMILES string of the molecule is COc1ccc(CCNC(=O)[C@H]2C[C@@H](O)CN2)cc1F. The van der Waals surface area contributed by atoms with E-state index in [9.17, 15) is 14.3 Å². The Balaban J connectivity index is 1.78. The summed E-state index contributed by atoms with van der Waals surface area (Å²) < 4.78 is 18.3. The second-order valence-corrected chi connectivity index (χ2v) is 4.86. The molecule has 1 aliphatic rings. The Hall–Kier alpha value is -1.66. The van der Waals surface area contributed by atoms with Crippen LogP contribution in [-0.4, -0.2) is 43.4 Å². The van der Waals surface area contributed by atoms with Crippen molar-refractivity contribution in [1.29, 1.82) is 0 Å². The summed E-state index contributed by atoms with van der Waals surface area (Å²) in [6, 6.07) is 4.41. The zero-order valence-electron chi connectivity index (χ0n) is 11.4. The zero-order chi connectivity index (χ0) is 14.5. The summed E-state index contributed by atoms with van der Waals surface area (Å²) in [5.74, 6) is -0.325. The van der Waals surface area contributed by atoms with Crippen molar-refractivity contribution < 1.29 is 19.0 Å². The average molecular weight is 282 g/mol. The Labute approximate surface area is 117 Å². The third-order valence-electron chi connectivity index (χ3n) is 3.35. The number of amides is 1. The Morgan fingerprint density at radius 2 is 2.40 bits per heavy atom. The summed E-state index contributed by atoms with van der Waals surface area (Å²) in [6.07, 6.45) is 0.520. The van der Waals surface area contributed by atoms with E-state index >= 15 is 0 Å². The minimum absolute atomic E-state index is 0.129. The number of aliphatic hydroxyl groups is 1. The minimum Gasteiger partial charge on any atom is -0.494 e. The molecule has 0 saturated carbocycles. The fourth-order valence-corrected chi connectivity index (χ4v) is 2.24. The normalized spacial score (nSPS) is 21.8. The molecule has 2 atom stereocenters. The van der Waals surface area contributed by atoms with Crippen molar-refractivity contribution in [2.24, 2.45) is 0 Å². The van der Waals surface area contributed by atoms with Crippen LogP contribution in [0.4, 0.5) is 4.39 Å². The van der Waals surface area contributed by atoms with Crippen LogP contribution in [-0.2, 0) is 11.2 Å². The van der Waals surface area contributed by atoms with Gasteiger partial charge in [0.05, 0.1) is 19.3 Å². The minimum atomic E-state index is -0.457. The van der Waals surface area contributed by atoms with Gasteiger partial charge in [-0.15, -0.1) is 0 Å². The predicted molar refractivity (Wildman–Crippen MR) is 72.1 cm³/mol. The van der Waals surface area contributed by atoms with Gasteiger partial charge in [0.15, 0.2) is 11.6 Å². The van der Waals surface area contributed by atoms with Gasteiger partial charge < -0.3 is 20.5 Å². The molecule has 6 heteroatoms. The van der Waals surface area contributed by atoms with E-state index in [1.165, 1.54) is 13.2 Å². The number of benzene rings is 1. The number of rotatable bonds is 5. The molecule has 1 heterocycles. The van der Waals surface area contributed by atoms with Crippen LogP contribution < -0.4 is 15.4 Å². The third kappa shape index (κ3) is 3.68. The van der Waals surface area contributed by atoms with Crippen LogP contribution in [0, 0.1) is 5.82 Å². The average Bonchev–Trinajstić information content (AvgIpc) is 2.85. The maximum atomic E-state index is 13.5. The lowest BCUT2D eigenvalue weighted by Gasteiger charge is -2.11. The van der Waals surface area contributed by atoms with Gasteiger partial charge in [-0.05, 0) is 30.5 Å². The molecule has 1 aromatic rings. The number of nitrogens with one attached hydrogen (secondary N) is 2. The molecule has 0 bridgehead atoms. The van der Waals surface area contributed by atoms with Crippen molar-refractivity contribution in [2.75, 3.05) is 20.2 Å². The molecule has 3 N–H and O–H groups in total. The molecule has 0 aromatic heterocycles. The number of ether oxygens (including phenoxy) is 1. The standard InChI is InChI=1S/C14H19FN2O3/c1-20-13-3-2-9(6-11(13)15)4-5-16-14(19)12-7-10(18)8-17-12/h2-3,6,10,12,17-18H,4-5,7-8H2,1H3,(H,16,19)/t10-,12-/m1/s1. The van der Waals surface area contributed by atoms with Gasteiger partial charge in [0.2, 0.25) is 5.91 Å². The number of β-amino-alcohol motifs (C(OH)–C–C–N with tert-alkyl or cyclic N) is 1. The van der Waals surface area contributed by atoms with Crippen molar-refractivity contribution in [1.82, 2.24) is 10.6 Å². The fourth-order valence-electron chi connectivity index (χ4n) is 2.24. The van der Waals surface area contributed by atoms with E-state index in [2.05, 4.69) is 10.6 Å². The highest BCUT2D eigenvalue weighted by molar-refractivity contribution is 5.82. The molecule has 1 saturated heterocycles. The molecule has 1 aromatic carbocycles. The van der Waals surface area contributed by atoms with E-state index in [-0.39, 0.29) is 17.7 Å². The molecule has 20 heavy (non-hydrogen) atoms. The lowest BCUT2D eigenvalue weighted by Crippen LogP contribution is -2.41. The van der Waals surface area contributed by atoms with Crippen molar-refractivity contribution >= 4 is 5.91 Å². The summed E-state index contributed by atoms with van der Waals surface area (Å²) in [4.78, 5) is 11.8. The zero-order valence-corrected chi connectivity index (χ0v) is 11.4. The van der Waals surface area contributed by atoms with Crippen LogP contribution in [0.2, 0.25) is 0 Å². The summed E-state index contributed by atoms with van der Waals surface area (Å²) >= 11 is 0. The lowest BCUT2D eigenvalue weighted by atomic mass is 10.1. The smallest absolute Gasteiger partial charge is 0.237 e. The van der Waals surface area contributed by atoms with E-state index < -0.39 is 11.9 Å². The highest BCUT2D eigenvalue weighted by Gasteiger charge is 2.27. The number of methoxy groups -OCH3 is 1. The van der Waals surface area contributed by atoms with Crippen molar-refractivity contribution in [3.05, 3.63) is 29.6 Å². The molecule has 0 unspecified atom stereocenters. The number of aliphatic hydroxyl groups excluding tert-OH is 1. The van der Waals surface area contributed by atoms with Gasteiger partial charge in [-0.3, -0.25) is 4.79 Å². The first-order chi connectivity index (χ1) is 9.60. The van der Waals surface area contributed by atoms with Gasteiger partial charge in [-0.1, -0.05) is 6.07 Å². The van der Waals surface area contributed by atoms with Crippen molar-refractivity contribution in [3.63, 3.8) is 0 Å². The topological polar surface area (TPSA) is 70.6 Å². The maximum absolute atomic E-state index is 13.5. The predicted octanol–water partition coefficient (Wildman–Crippen LogP) is 0.216. The second-order valence-electron chi connectivity index (χ2n) is 4.86. The molecule has 1 amide bonds. The van der Waals surface area contributed by atoms with Crippen LogP contribution in [0.5, 0.6) is 5.75 Å². The molecule has 1 fully saturated rings. The number of carbonyl (C=O) groups is 1. The molecule has 0 spiro atoms. The van der Waals surface area contributed by atoms with Gasteiger partial charge in [0.1, 0.15) is 0 Å². The van der Waals surface area contributed by atoms with Gasteiger partial charge in [-0.25, -0.2) is 4.39 Å². The van der Waals surface area contributed by atoms with Crippen LogP contribution in [0.3, 0.4) is 0 Å². The molecule has 5 nitrogen and oxygen atoms in total. The van der Waals surface area contributed by atoms with Crippen LogP contribution in [0.1, 0.15) is 12.0 Å². The molecule has 0 aliphatic carbocycles. The quantitative estimate of drug-likeness (QED) is 0.722. The monoisotopic (exact) mass is 282 g/mol. The van der Waals surface area contributed by atoms with E-state index in [1.807, 2.05) is 0 Å². The van der Waals surface area contributed by atoms with Crippen LogP contribution in [0.25, 0.3) is 0 Å². The molecular formula is C14H19FN2O3. The Morgan fingerprint density at radius 3 is 3.00 bits per heavy atom. The number of halogens is 1. The summed E-state index contributed by atoms with van der Waals surface area (Å²) in [5, 5.41) is 15.1. The van der Waals surface area contributed by atoms with E-state index in [0.717, 1.165) is 5.56 Å². The van der Waals surface area contributed by atoms with E-state index in [0.29, 0.717) is 25.9 Å². The fraction of sp³-hybridized carbons (Fsp3) is 0.500. The highest BCUT2D eigenvalue weighted by atomic mass is 19.1. The molecular weight excluding hydrogens is 263 g/mol. The number of hydrogen-bond donors (Lipinski definition) is 3. The van der Waals surface area contributed by atoms with Crippen molar-refractivity contribution in [3.8, 4) is 5.75 Å². The first-order valence-electron chi connectivity index (χ1n) is 6.61. The Kier molecular flexibility index (Phi) is 4.92. The third-order valence-corrected chi connectivity index (χ3v) is 3.35. The van der Waals surface area contributed by atoms with E-state index in [1.54, 1.807) is 12.1 Å². The van der Waals surface area contributed by atoms with E-state index in [4.69, 9.17) is 4.74 Å².